The van der Waals surface area contributed by atoms with E-state index in [4.69, 9.17) is 0 Å². The normalized spacial score (nSPS) is 43.1. The number of rotatable bonds is 3. The monoisotopic (exact) mass is 242 g/mol. The van der Waals surface area contributed by atoms with Gasteiger partial charge in [0, 0.05) is 0 Å². The van der Waals surface area contributed by atoms with E-state index in [0.717, 1.165) is 11.8 Å². The summed E-state index contributed by atoms with van der Waals surface area (Å²) >= 11 is 0. The molecule has 18 heavy (non-hydrogen) atoms. The zero-order valence-corrected chi connectivity index (χ0v) is 10.8. The minimum Gasteiger partial charge on any atom is -0.393 e. The smallest absolute Gasteiger partial charge is 0.0605 e. The van der Waals surface area contributed by atoms with E-state index < -0.39 is 0 Å². The van der Waals surface area contributed by atoms with Gasteiger partial charge in [0.15, 0.2) is 0 Å². The maximum Gasteiger partial charge on any atom is 0.0605 e. The Morgan fingerprint density at radius 1 is 0.944 bits per heavy atom. The van der Waals surface area contributed by atoms with Crippen molar-refractivity contribution in [2.75, 3.05) is 0 Å². The summed E-state index contributed by atoms with van der Waals surface area (Å²) in [6.45, 7) is 0. The van der Waals surface area contributed by atoms with Crippen molar-refractivity contribution in [3.05, 3.63) is 35.9 Å². The van der Waals surface area contributed by atoms with Crippen LogP contribution in [0.4, 0.5) is 0 Å². The number of hydrogen-bond donors (Lipinski definition) is 1. The van der Waals surface area contributed by atoms with E-state index in [2.05, 4.69) is 30.3 Å². The van der Waals surface area contributed by atoms with Crippen molar-refractivity contribution in [3.63, 3.8) is 0 Å². The third kappa shape index (κ3) is 1.72. The fraction of sp³-hybridized carbons (Fsp3) is 0.647. The minimum absolute atomic E-state index is 0.0227. The highest BCUT2D eigenvalue weighted by Crippen LogP contribution is 2.57. The Kier molecular flexibility index (Phi) is 2.51. The van der Waals surface area contributed by atoms with E-state index in [9.17, 15) is 5.11 Å². The molecule has 1 aromatic carbocycles. The van der Waals surface area contributed by atoms with Crippen LogP contribution < -0.4 is 0 Å². The quantitative estimate of drug-likeness (QED) is 0.859. The number of aliphatic hydroxyl groups is 1. The van der Waals surface area contributed by atoms with Gasteiger partial charge in [0.05, 0.1) is 6.10 Å². The summed E-state index contributed by atoms with van der Waals surface area (Å²) in [6.07, 6.45) is 6.72. The SMILES string of the molecule is OC(C1CC2CCC1C2)C1CC1c1ccccc1. The van der Waals surface area contributed by atoms with Crippen LogP contribution in [0.5, 0.6) is 0 Å². The number of aliphatic hydroxyl groups excluding tert-OH is 1. The van der Waals surface area contributed by atoms with Gasteiger partial charge in [0.2, 0.25) is 0 Å². The molecule has 3 fully saturated rings. The molecule has 6 atom stereocenters. The molecule has 0 spiro atoms. The van der Waals surface area contributed by atoms with Gasteiger partial charge in [-0.1, -0.05) is 36.8 Å². The van der Waals surface area contributed by atoms with Gasteiger partial charge in [-0.15, -0.1) is 0 Å². The predicted octanol–water partition coefficient (Wildman–Crippen LogP) is 3.59. The molecule has 1 nitrogen and oxygen atoms in total. The molecule has 0 radical (unpaired) electrons. The summed E-state index contributed by atoms with van der Waals surface area (Å²) in [5.41, 5.74) is 1.43. The molecule has 0 aliphatic heterocycles. The van der Waals surface area contributed by atoms with Crippen molar-refractivity contribution >= 4 is 0 Å². The van der Waals surface area contributed by atoms with Gasteiger partial charge in [0.1, 0.15) is 0 Å². The molecule has 96 valence electrons. The second-order valence-corrected chi connectivity index (χ2v) is 6.75. The van der Waals surface area contributed by atoms with Gasteiger partial charge < -0.3 is 5.11 Å². The second-order valence-electron chi connectivity index (χ2n) is 6.75. The molecule has 3 aliphatic rings. The Hall–Kier alpha value is -0.820. The van der Waals surface area contributed by atoms with Gasteiger partial charge in [-0.3, -0.25) is 0 Å². The van der Waals surface area contributed by atoms with Crippen molar-refractivity contribution in [3.8, 4) is 0 Å². The first-order valence-corrected chi connectivity index (χ1v) is 7.56. The van der Waals surface area contributed by atoms with Gasteiger partial charge >= 0.3 is 0 Å². The van der Waals surface area contributed by atoms with Crippen molar-refractivity contribution in [2.45, 2.75) is 44.1 Å². The maximum atomic E-state index is 10.6. The topological polar surface area (TPSA) is 20.2 Å². The molecule has 0 saturated heterocycles. The van der Waals surface area contributed by atoms with Crippen LogP contribution in [0.2, 0.25) is 0 Å². The molecule has 0 heterocycles. The second kappa shape index (κ2) is 4.09. The molecule has 6 unspecified atom stereocenters. The average molecular weight is 242 g/mol. The third-order valence-corrected chi connectivity index (χ3v) is 5.74. The van der Waals surface area contributed by atoms with Crippen molar-refractivity contribution in [1.29, 1.82) is 0 Å². The summed E-state index contributed by atoms with van der Waals surface area (Å²) in [5.74, 6) is 3.62. The lowest BCUT2D eigenvalue weighted by molar-refractivity contribution is 0.0548. The van der Waals surface area contributed by atoms with Crippen LogP contribution in [0, 0.1) is 23.7 Å². The lowest BCUT2D eigenvalue weighted by Crippen LogP contribution is -2.27. The molecule has 3 saturated carbocycles. The summed E-state index contributed by atoms with van der Waals surface area (Å²) in [5, 5.41) is 10.6. The highest BCUT2D eigenvalue weighted by molar-refractivity contribution is 5.26. The highest BCUT2D eigenvalue weighted by atomic mass is 16.3. The lowest BCUT2D eigenvalue weighted by atomic mass is 9.82. The van der Waals surface area contributed by atoms with Crippen molar-refractivity contribution in [1.82, 2.24) is 0 Å². The van der Waals surface area contributed by atoms with Gasteiger partial charge in [-0.25, -0.2) is 0 Å². The predicted molar refractivity (Wildman–Crippen MR) is 72.2 cm³/mol. The fourth-order valence-corrected chi connectivity index (χ4v) is 4.71. The standard InChI is InChI=1S/C17H22O/c18-17(15-9-11-6-7-13(15)8-11)16-10-14(16)12-4-2-1-3-5-12/h1-5,11,13-18H,6-10H2. The first-order valence-electron chi connectivity index (χ1n) is 7.56. The molecule has 1 aromatic rings. The molecule has 4 rings (SSSR count). The Morgan fingerprint density at radius 2 is 1.78 bits per heavy atom. The molecule has 1 heteroatoms. The van der Waals surface area contributed by atoms with Crippen molar-refractivity contribution < 1.29 is 5.11 Å². The largest absolute Gasteiger partial charge is 0.393 e. The average Bonchev–Trinajstić information content (AvgIpc) is 2.94. The van der Waals surface area contributed by atoms with Crippen LogP contribution in [0.25, 0.3) is 0 Å². The fourth-order valence-electron chi connectivity index (χ4n) is 4.71. The van der Waals surface area contributed by atoms with Gasteiger partial charge in [-0.2, -0.15) is 0 Å². The van der Waals surface area contributed by atoms with E-state index in [1.807, 2.05) is 0 Å². The highest BCUT2D eigenvalue weighted by Gasteiger charge is 2.51. The first-order chi connectivity index (χ1) is 8.83. The number of benzene rings is 1. The van der Waals surface area contributed by atoms with E-state index >= 15 is 0 Å². The van der Waals surface area contributed by atoms with E-state index in [-0.39, 0.29) is 6.10 Å². The van der Waals surface area contributed by atoms with E-state index in [0.29, 0.717) is 17.8 Å². The Morgan fingerprint density at radius 3 is 2.44 bits per heavy atom. The number of fused-ring (bicyclic) bond motifs is 2. The Balaban J connectivity index is 1.44. The summed E-state index contributed by atoms with van der Waals surface area (Å²) in [7, 11) is 0. The molecular formula is C17H22O. The summed E-state index contributed by atoms with van der Waals surface area (Å²) in [6, 6.07) is 10.8. The van der Waals surface area contributed by atoms with Crippen LogP contribution in [0.15, 0.2) is 30.3 Å². The van der Waals surface area contributed by atoms with Crippen LogP contribution in [-0.2, 0) is 0 Å². The van der Waals surface area contributed by atoms with Crippen LogP contribution in [-0.4, -0.2) is 11.2 Å². The summed E-state index contributed by atoms with van der Waals surface area (Å²) in [4.78, 5) is 0. The van der Waals surface area contributed by atoms with Gasteiger partial charge in [0.25, 0.3) is 0 Å². The van der Waals surface area contributed by atoms with Crippen LogP contribution in [0.3, 0.4) is 0 Å². The Bertz CT molecular complexity index is 426. The zero-order chi connectivity index (χ0) is 12.1. The maximum absolute atomic E-state index is 10.6. The zero-order valence-electron chi connectivity index (χ0n) is 10.8. The third-order valence-electron chi connectivity index (χ3n) is 5.74. The Labute approximate surface area is 109 Å². The molecule has 2 bridgehead atoms. The minimum atomic E-state index is -0.0227. The van der Waals surface area contributed by atoms with Gasteiger partial charge in [-0.05, 0) is 60.8 Å². The first kappa shape index (κ1) is 11.0. The molecule has 0 amide bonds. The van der Waals surface area contributed by atoms with Crippen LogP contribution >= 0.6 is 0 Å². The molecule has 0 aromatic heterocycles. The lowest BCUT2D eigenvalue weighted by Gasteiger charge is -2.27. The molecule has 3 aliphatic carbocycles. The number of hydrogen-bond acceptors (Lipinski definition) is 1. The molecular weight excluding hydrogens is 220 g/mol. The van der Waals surface area contributed by atoms with Crippen LogP contribution in [0.1, 0.15) is 43.6 Å². The van der Waals surface area contributed by atoms with Crippen molar-refractivity contribution in [2.24, 2.45) is 23.7 Å². The summed E-state index contributed by atoms with van der Waals surface area (Å²) < 4.78 is 0. The molecule has 1 N–H and O–H groups in total. The van der Waals surface area contributed by atoms with E-state index in [1.54, 1.807) is 0 Å². The van der Waals surface area contributed by atoms with E-state index in [1.165, 1.54) is 37.7 Å².